The van der Waals surface area contributed by atoms with E-state index in [0.717, 1.165) is 5.69 Å². The number of hydrogen-bond donors (Lipinski definition) is 0. The maximum atomic E-state index is 8.57. The van der Waals surface area contributed by atoms with Crippen molar-refractivity contribution in [3.8, 4) is 12.1 Å². The van der Waals surface area contributed by atoms with Crippen LogP contribution in [-0.2, 0) is 0 Å². The van der Waals surface area contributed by atoms with Crippen LogP contribution in [0.25, 0.3) is 0 Å². The van der Waals surface area contributed by atoms with E-state index in [4.69, 9.17) is 22.1 Å². The molecule has 0 aliphatic rings. The van der Waals surface area contributed by atoms with Gasteiger partial charge in [0.15, 0.2) is 0 Å². The van der Waals surface area contributed by atoms with Gasteiger partial charge in [-0.1, -0.05) is 11.6 Å². The molecule has 4 heteroatoms. The first-order valence-electron chi connectivity index (χ1n) is 5.02. The molecule has 0 aliphatic carbocycles. The summed E-state index contributed by atoms with van der Waals surface area (Å²) in [6.07, 6.45) is 0.905. The fraction of sp³-hybridized carbons (Fsp3) is 0.333. The summed E-state index contributed by atoms with van der Waals surface area (Å²) in [6, 6.07) is 11.6. The van der Waals surface area contributed by atoms with Crippen LogP contribution < -0.4 is 4.90 Å². The molecule has 0 saturated heterocycles. The number of rotatable bonds is 5. The molecule has 0 radical (unpaired) electrons. The van der Waals surface area contributed by atoms with Crippen molar-refractivity contribution in [2.75, 3.05) is 18.0 Å². The van der Waals surface area contributed by atoms with Crippen molar-refractivity contribution < 1.29 is 0 Å². The Bertz CT molecular complexity index is 382. The van der Waals surface area contributed by atoms with Gasteiger partial charge < -0.3 is 4.90 Å². The lowest BCUT2D eigenvalue weighted by molar-refractivity contribution is 0.796. The minimum Gasteiger partial charge on any atom is -0.369 e. The molecule has 0 spiro atoms. The molecule has 0 unspecified atom stereocenters. The average Bonchev–Trinajstić information content (AvgIpc) is 2.31. The van der Waals surface area contributed by atoms with E-state index >= 15 is 0 Å². The number of hydrogen-bond acceptors (Lipinski definition) is 3. The summed E-state index contributed by atoms with van der Waals surface area (Å²) in [5, 5.41) is 17.8. The van der Waals surface area contributed by atoms with Gasteiger partial charge in [-0.3, -0.25) is 0 Å². The molecule has 0 amide bonds. The van der Waals surface area contributed by atoms with Crippen LogP contribution in [0, 0.1) is 22.7 Å². The first-order chi connectivity index (χ1) is 7.77. The van der Waals surface area contributed by atoms with Crippen molar-refractivity contribution >= 4 is 17.3 Å². The van der Waals surface area contributed by atoms with E-state index in [-0.39, 0.29) is 0 Å². The maximum absolute atomic E-state index is 8.57. The highest BCUT2D eigenvalue weighted by Gasteiger charge is 2.05. The van der Waals surface area contributed by atoms with Crippen LogP contribution >= 0.6 is 11.6 Å². The summed E-state index contributed by atoms with van der Waals surface area (Å²) in [4.78, 5) is 2.02. The standard InChI is InChI=1S/C12H12ClN3/c13-11-3-5-12(6-4-11)16(9-1-7-14)10-2-8-15/h3-6H,1-2,9-10H2. The summed E-state index contributed by atoms with van der Waals surface area (Å²) in [6.45, 7) is 1.28. The van der Waals surface area contributed by atoms with Crippen LogP contribution in [0.4, 0.5) is 5.69 Å². The van der Waals surface area contributed by atoms with Crippen LogP contribution in [0.15, 0.2) is 24.3 Å². The van der Waals surface area contributed by atoms with Crippen molar-refractivity contribution in [3.63, 3.8) is 0 Å². The van der Waals surface area contributed by atoms with Gasteiger partial charge in [-0.2, -0.15) is 10.5 Å². The lowest BCUT2D eigenvalue weighted by Gasteiger charge is -2.22. The van der Waals surface area contributed by atoms with E-state index in [9.17, 15) is 0 Å². The van der Waals surface area contributed by atoms with E-state index in [1.165, 1.54) is 0 Å². The second kappa shape index (κ2) is 6.71. The fourth-order valence-electron chi connectivity index (χ4n) is 1.39. The lowest BCUT2D eigenvalue weighted by Crippen LogP contribution is -2.25. The van der Waals surface area contributed by atoms with Gasteiger partial charge in [0.1, 0.15) is 0 Å². The molecule has 16 heavy (non-hydrogen) atoms. The molecular weight excluding hydrogens is 222 g/mol. The second-order valence-corrected chi connectivity index (χ2v) is 3.72. The highest BCUT2D eigenvalue weighted by atomic mass is 35.5. The SMILES string of the molecule is N#CCCN(CCC#N)c1ccc(Cl)cc1. The lowest BCUT2D eigenvalue weighted by atomic mass is 10.2. The number of benzene rings is 1. The second-order valence-electron chi connectivity index (χ2n) is 3.28. The Morgan fingerprint density at radius 3 is 1.94 bits per heavy atom. The monoisotopic (exact) mass is 233 g/mol. The van der Waals surface area contributed by atoms with Crippen molar-refractivity contribution in [2.24, 2.45) is 0 Å². The third kappa shape index (κ3) is 3.81. The number of nitriles is 2. The molecule has 0 fully saturated rings. The molecule has 82 valence electrons. The predicted octanol–water partition coefficient (Wildman–Crippen LogP) is 2.97. The zero-order chi connectivity index (χ0) is 11.8. The van der Waals surface area contributed by atoms with Gasteiger partial charge in [0, 0.05) is 23.8 Å². The van der Waals surface area contributed by atoms with E-state index in [1.807, 2.05) is 29.2 Å². The Hall–Kier alpha value is -1.71. The van der Waals surface area contributed by atoms with Crippen molar-refractivity contribution in [3.05, 3.63) is 29.3 Å². The van der Waals surface area contributed by atoms with Crippen LogP contribution in [0.1, 0.15) is 12.8 Å². The van der Waals surface area contributed by atoms with E-state index in [2.05, 4.69) is 12.1 Å². The summed E-state index contributed by atoms with van der Waals surface area (Å²) in [5.74, 6) is 0. The third-order valence-corrected chi connectivity index (χ3v) is 2.43. The van der Waals surface area contributed by atoms with Gasteiger partial charge in [-0.05, 0) is 24.3 Å². The van der Waals surface area contributed by atoms with Gasteiger partial charge in [-0.15, -0.1) is 0 Å². The quantitative estimate of drug-likeness (QED) is 0.786. The molecule has 0 aliphatic heterocycles. The Morgan fingerprint density at radius 1 is 1.00 bits per heavy atom. The average molecular weight is 234 g/mol. The van der Waals surface area contributed by atoms with Crippen molar-refractivity contribution in [1.82, 2.24) is 0 Å². The summed E-state index contributed by atoms with van der Waals surface area (Å²) < 4.78 is 0. The Balaban J connectivity index is 2.71. The predicted molar refractivity (Wildman–Crippen MR) is 64.1 cm³/mol. The van der Waals surface area contributed by atoms with Gasteiger partial charge in [0.25, 0.3) is 0 Å². The highest BCUT2D eigenvalue weighted by molar-refractivity contribution is 6.30. The Labute approximate surface area is 100 Å². The smallest absolute Gasteiger partial charge is 0.0640 e. The van der Waals surface area contributed by atoms with Crippen molar-refractivity contribution in [1.29, 1.82) is 10.5 Å². The topological polar surface area (TPSA) is 50.8 Å². The summed E-state index contributed by atoms with van der Waals surface area (Å²) in [7, 11) is 0. The molecule has 0 N–H and O–H groups in total. The zero-order valence-electron chi connectivity index (χ0n) is 8.86. The Morgan fingerprint density at radius 2 is 1.50 bits per heavy atom. The molecule has 1 aromatic carbocycles. The molecular formula is C12H12ClN3. The van der Waals surface area contributed by atoms with Gasteiger partial charge in [-0.25, -0.2) is 0 Å². The Kier molecular flexibility index (Phi) is 5.19. The highest BCUT2D eigenvalue weighted by Crippen LogP contribution is 2.18. The molecule has 1 aromatic rings. The van der Waals surface area contributed by atoms with Crippen molar-refractivity contribution in [2.45, 2.75) is 12.8 Å². The molecule has 3 nitrogen and oxygen atoms in total. The van der Waals surface area contributed by atoms with Gasteiger partial charge >= 0.3 is 0 Å². The van der Waals surface area contributed by atoms with E-state index in [1.54, 1.807) is 0 Å². The zero-order valence-corrected chi connectivity index (χ0v) is 9.61. The van der Waals surface area contributed by atoms with Gasteiger partial charge in [0.2, 0.25) is 0 Å². The molecule has 0 atom stereocenters. The summed E-state index contributed by atoms with van der Waals surface area (Å²) in [5.41, 5.74) is 0.995. The number of anilines is 1. The van der Waals surface area contributed by atoms with E-state index in [0.29, 0.717) is 31.0 Å². The number of nitrogens with zero attached hydrogens (tertiary/aromatic N) is 3. The first kappa shape index (κ1) is 12.4. The largest absolute Gasteiger partial charge is 0.369 e. The first-order valence-corrected chi connectivity index (χ1v) is 5.40. The fourth-order valence-corrected chi connectivity index (χ4v) is 1.52. The van der Waals surface area contributed by atoms with E-state index < -0.39 is 0 Å². The van der Waals surface area contributed by atoms with Crippen LogP contribution in [-0.4, -0.2) is 13.1 Å². The minimum atomic E-state index is 0.452. The van der Waals surface area contributed by atoms with Crippen LogP contribution in [0.2, 0.25) is 5.02 Å². The normalized spacial score (nSPS) is 9.19. The molecule has 1 rings (SSSR count). The minimum absolute atomic E-state index is 0.452. The van der Waals surface area contributed by atoms with Gasteiger partial charge in [0.05, 0.1) is 25.0 Å². The molecule has 0 saturated carbocycles. The molecule has 0 bridgehead atoms. The van der Waals surface area contributed by atoms with Crippen LogP contribution in [0.3, 0.4) is 0 Å². The van der Waals surface area contributed by atoms with Crippen LogP contribution in [0.5, 0.6) is 0 Å². The third-order valence-electron chi connectivity index (χ3n) is 2.18. The molecule has 0 aromatic heterocycles. The molecule has 0 heterocycles. The maximum Gasteiger partial charge on any atom is 0.0640 e. The number of halogens is 1. The summed E-state index contributed by atoms with van der Waals surface area (Å²) >= 11 is 5.80.